The number of hydrogen-bond acceptors (Lipinski definition) is 5. The highest BCUT2D eigenvalue weighted by atomic mass is 19.1. The summed E-state index contributed by atoms with van der Waals surface area (Å²) in [5, 5.41) is 4.75. The fourth-order valence-corrected chi connectivity index (χ4v) is 6.68. The summed E-state index contributed by atoms with van der Waals surface area (Å²) >= 11 is 0. The van der Waals surface area contributed by atoms with Gasteiger partial charge in [-0.2, -0.15) is 5.10 Å². The lowest BCUT2D eigenvalue weighted by atomic mass is 9.93. The molecule has 4 heterocycles. The maximum absolute atomic E-state index is 15.5. The van der Waals surface area contributed by atoms with Gasteiger partial charge in [0.05, 0.1) is 17.7 Å². The van der Waals surface area contributed by atoms with Crippen molar-refractivity contribution in [2.45, 2.75) is 57.5 Å². The first kappa shape index (κ1) is 25.7. The second kappa shape index (κ2) is 9.68. The Labute approximate surface area is 238 Å². The molecule has 1 saturated carbocycles. The quantitative estimate of drug-likeness (QED) is 0.381. The smallest absolute Gasteiger partial charge is 0.273 e. The standard InChI is InChI=1S/C32H33FN6O2/c1-18-23-6-4-3-5-20(23)11-13-38(18)32(41)28-16-29(21-7-8-21)39-30(35-28)17-27(36-39)25-10-9-22(15-26(25)33)37-14-12-24(19(37)2)31(34)40/h3-6,9-10,15-19,21,24H,7-8,11-14H2,1-2H3,(H2,34,40)/t18-,19+,24-/m1/s1. The van der Waals surface area contributed by atoms with E-state index in [1.165, 1.54) is 17.2 Å². The molecule has 2 aromatic carbocycles. The van der Waals surface area contributed by atoms with Crippen molar-refractivity contribution in [2.24, 2.45) is 11.7 Å². The number of halogens is 1. The molecule has 0 spiro atoms. The third-order valence-corrected chi connectivity index (χ3v) is 9.21. The third-order valence-electron chi connectivity index (χ3n) is 9.21. The van der Waals surface area contributed by atoms with Crippen LogP contribution in [0.1, 0.15) is 72.4 Å². The Bertz CT molecular complexity index is 1700. The summed E-state index contributed by atoms with van der Waals surface area (Å²) < 4.78 is 17.3. The molecule has 7 rings (SSSR count). The molecule has 4 aromatic rings. The topological polar surface area (TPSA) is 96.8 Å². The SMILES string of the molecule is C[C@@H]1c2ccccc2CCN1C(=O)c1cc(C2CC2)n2nc(-c3ccc(N4CC[C@@H](C(N)=O)[C@@H]4C)cc3F)cc2n1. The van der Waals surface area contributed by atoms with Crippen LogP contribution in [0.5, 0.6) is 0 Å². The number of carbonyl (C=O) groups excluding carboxylic acids is 2. The molecule has 8 nitrogen and oxygen atoms in total. The van der Waals surface area contributed by atoms with E-state index in [-0.39, 0.29) is 29.8 Å². The first-order valence-electron chi connectivity index (χ1n) is 14.5. The molecule has 2 aromatic heterocycles. The van der Waals surface area contributed by atoms with Gasteiger partial charge < -0.3 is 15.5 Å². The van der Waals surface area contributed by atoms with Gasteiger partial charge in [0.15, 0.2) is 5.65 Å². The number of amides is 2. The van der Waals surface area contributed by atoms with Crippen LogP contribution < -0.4 is 10.6 Å². The van der Waals surface area contributed by atoms with Gasteiger partial charge >= 0.3 is 0 Å². The minimum atomic E-state index is -0.397. The van der Waals surface area contributed by atoms with Gasteiger partial charge in [-0.05, 0) is 74.9 Å². The number of nitrogens with zero attached hydrogens (tertiary/aromatic N) is 5. The average molecular weight is 553 g/mol. The van der Waals surface area contributed by atoms with E-state index in [2.05, 4.69) is 19.1 Å². The number of benzene rings is 2. The van der Waals surface area contributed by atoms with Gasteiger partial charge in [0.2, 0.25) is 5.91 Å². The number of carbonyl (C=O) groups is 2. The first-order valence-corrected chi connectivity index (χ1v) is 14.5. The number of primary amides is 1. The average Bonchev–Trinajstić information content (AvgIpc) is 3.60. The van der Waals surface area contributed by atoms with E-state index in [4.69, 9.17) is 15.8 Å². The zero-order valence-electron chi connectivity index (χ0n) is 23.3. The first-order chi connectivity index (χ1) is 19.8. The zero-order valence-corrected chi connectivity index (χ0v) is 23.3. The van der Waals surface area contributed by atoms with Gasteiger partial charge in [0.25, 0.3) is 5.91 Å². The molecule has 2 amide bonds. The molecule has 9 heteroatoms. The van der Waals surface area contributed by atoms with Crippen molar-refractivity contribution >= 4 is 23.1 Å². The minimum Gasteiger partial charge on any atom is -0.369 e. The van der Waals surface area contributed by atoms with Crippen molar-refractivity contribution < 1.29 is 14.0 Å². The van der Waals surface area contributed by atoms with E-state index in [0.717, 1.165) is 25.0 Å². The van der Waals surface area contributed by atoms with Gasteiger partial charge in [-0.15, -0.1) is 0 Å². The maximum Gasteiger partial charge on any atom is 0.273 e. The summed E-state index contributed by atoms with van der Waals surface area (Å²) in [5.74, 6) is -0.753. The molecule has 210 valence electrons. The highest BCUT2D eigenvalue weighted by Gasteiger charge is 2.35. The van der Waals surface area contributed by atoms with Gasteiger partial charge in [-0.1, -0.05) is 24.3 Å². The Morgan fingerprint density at radius 2 is 1.80 bits per heavy atom. The van der Waals surface area contributed by atoms with Crippen LogP contribution in [0.4, 0.5) is 10.1 Å². The lowest BCUT2D eigenvalue weighted by Gasteiger charge is -2.35. The van der Waals surface area contributed by atoms with Crippen LogP contribution in [0.15, 0.2) is 54.6 Å². The number of anilines is 1. The van der Waals surface area contributed by atoms with Crippen molar-refractivity contribution in [1.29, 1.82) is 0 Å². The Morgan fingerprint density at radius 3 is 2.54 bits per heavy atom. The summed E-state index contributed by atoms with van der Waals surface area (Å²) in [4.78, 5) is 34.2. The molecular weight excluding hydrogens is 519 g/mol. The van der Waals surface area contributed by atoms with Gasteiger partial charge in [-0.25, -0.2) is 13.9 Å². The molecule has 41 heavy (non-hydrogen) atoms. The molecular formula is C32H33FN6O2. The van der Waals surface area contributed by atoms with E-state index in [9.17, 15) is 9.59 Å². The molecule has 0 radical (unpaired) electrons. The summed E-state index contributed by atoms with van der Waals surface area (Å²) in [6, 6.07) is 16.9. The van der Waals surface area contributed by atoms with E-state index in [0.29, 0.717) is 53.7 Å². The fraction of sp³-hybridized carbons (Fsp3) is 0.375. The molecule has 3 aliphatic rings. The van der Waals surface area contributed by atoms with Gasteiger partial charge in [-0.3, -0.25) is 9.59 Å². The minimum absolute atomic E-state index is 0.0421. The normalized spacial score (nSPS) is 22.3. The predicted molar refractivity (Wildman–Crippen MR) is 154 cm³/mol. The molecule has 2 fully saturated rings. The van der Waals surface area contributed by atoms with Crippen LogP contribution in [0.3, 0.4) is 0 Å². The van der Waals surface area contributed by atoms with Crippen LogP contribution in [-0.4, -0.2) is 50.4 Å². The van der Waals surface area contributed by atoms with E-state index in [1.807, 2.05) is 41.0 Å². The monoisotopic (exact) mass is 552 g/mol. The summed E-state index contributed by atoms with van der Waals surface area (Å²) in [6.07, 6.45) is 3.53. The Balaban J connectivity index is 1.21. The highest BCUT2D eigenvalue weighted by Crippen LogP contribution is 2.41. The highest BCUT2D eigenvalue weighted by molar-refractivity contribution is 5.93. The molecule has 3 atom stereocenters. The second-order valence-electron chi connectivity index (χ2n) is 11.7. The van der Waals surface area contributed by atoms with Gasteiger partial charge in [0, 0.05) is 48.1 Å². The zero-order chi connectivity index (χ0) is 28.4. The second-order valence-corrected chi connectivity index (χ2v) is 11.7. The van der Waals surface area contributed by atoms with Crippen LogP contribution in [-0.2, 0) is 11.2 Å². The number of nitrogens with two attached hydrogens (primary N) is 1. The van der Waals surface area contributed by atoms with Gasteiger partial charge in [0.1, 0.15) is 11.5 Å². The number of fused-ring (bicyclic) bond motifs is 2. The van der Waals surface area contributed by atoms with Crippen molar-refractivity contribution in [3.8, 4) is 11.3 Å². The Kier molecular flexibility index (Phi) is 6.06. The maximum atomic E-state index is 15.5. The summed E-state index contributed by atoms with van der Waals surface area (Å²) in [7, 11) is 0. The van der Waals surface area contributed by atoms with E-state index < -0.39 is 5.82 Å². The summed E-state index contributed by atoms with van der Waals surface area (Å²) in [6.45, 7) is 5.30. The lowest BCUT2D eigenvalue weighted by molar-refractivity contribution is -0.121. The van der Waals surface area contributed by atoms with Crippen LogP contribution in [0.25, 0.3) is 16.9 Å². The van der Waals surface area contributed by atoms with Crippen molar-refractivity contribution in [2.75, 3.05) is 18.0 Å². The summed E-state index contributed by atoms with van der Waals surface area (Å²) in [5.41, 5.74) is 11.4. The molecule has 1 aliphatic carbocycles. The largest absolute Gasteiger partial charge is 0.369 e. The van der Waals surface area contributed by atoms with Crippen LogP contribution in [0.2, 0.25) is 0 Å². The van der Waals surface area contributed by atoms with Crippen LogP contribution in [0, 0.1) is 11.7 Å². The fourth-order valence-electron chi connectivity index (χ4n) is 6.68. The van der Waals surface area contributed by atoms with E-state index in [1.54, 1.807) is 16.6 Å². The molecule has 1 saturated heterocycles. The molecule has 2 N–H and O–H groups in total. The molecule has 2 aliphatic heterocycles. The predicted octanol–water partition coefficient (Wildman–Crippen LogP) is 4.87. The Hall–Kier alpha value is -4.27. The van der Waals surface area contributed by atoms with Crippen molar-refractivity contribution in [1.82, 2.24) is 19.5 Å². The number of aromatic nitrogens is 3. The van der Waals surface area contributed by atoms with Crippen LogP contribution >= 0.6 is 0 Å². The van der Waals surface area contributed by atoms with Crippen molar-refractivity contribution in [3.63, 3.8) is 0 Å². The number of rotatable bonds is 5. The Morgan fingerprint density at radius 1 is 1.00 bits per heavy atom. The lowest BCUT2D eigenvalue weighted by Crippen LogP contribution is -2.39. The van der Waals surface area contributed by atoms with E-state index >= 15 is 4.39 Å². The van der Waals surface area contributed by atoms with Crippen molar-refractivity contribution in [3.05, 3.63) is 82.9 Å². The molecule has 0 bridgehead atoms. The third kappa shape index (κ3) is 4.34. The number of hydrogen-bond donors (Lipinski definition) is 1. The molecule has 0 unspecified atom stereocenters.